The molecule has 3 nitrogen and oxygen atoms in total. The van der Waals surface area contributed by atoms with Gasteiger partial charge >= 0.3 is 0 Å². The van der Waals surface area contributed by atoms with Gasteiger partial charge in [-0.2, -0.15) is 0 Å². The van der Waals surface area contributed by atoms with Crippen LogP contribution in [0.3, 0.4) is 0 Å². The lowest BCUT2D eigenvalue weighted by molar-refractivity contribution is -0.109. The Morgan fingerprint density at radius 2 is 1.39 bits per heavy atom. The van der Waals surface area contributed by atoms with Gasteiger partial charge in [0, 0.05) is 18.6 Å². The summed E-state index contributed by atoms with van der Waals surface area (Å²) in [5.41, 5.74) is 2.41. The van der Waals surface area contributed by atoms with E-state index < -0.39 is 0 Å². The van der Waals surface area contributed by atoms with Crippen molar-refractivity contribution in [3.63, 3.8) is 0 Å². The normalized spacial score (nSPS) is 11.2. The zero-order chi connectivity index (χ0) is 16.4. The largest absolute Gasteiger partial charge is 0.396 e. The van der Waals surface area contributed by atoms with Crippen LogP contribution in [0.15, 0.2) is 60.7 Å². The highest BCUT2D eigenvalue weighted by Gasteiger charge is 2.32. The molecule has 0 saturated carbocycles. The Morgan fingerprint density at radius 3 is 1.87 bits per heavy atom. The summed E-state index contributed by atoms with van der Waals surface area (Å²) in [6.45, 7) is 0.859. The van der Waals surface area contributed by atoms with E-state index in [0.717, 1.165) is 32.1 Å². The molecule has 0 radical (unpaired) electrons. The zero-order valence-electron chi connectivity index (χ0n) is 13.4. The molecule has 23 heavy (non-hydrogen) atoms. The second kappa shape index (κ2) is 9.11. The van der Waals surface area contributed by atoms with Crippen molar-refractivity contribution in [3.05, 3.63) is 71.8 Å². The highest BCUT2D eigenvalue weighted by atomic mass is 16.2. The number of carbonyl (C=O) groups is 1. The molecule has 0 heterocycles. The van der Waals surface area contributed by atoms with E-state index >= 15 is 0 Å². The standard InChI is InChI=1S/C20H25NO2/c22-16-8-14-20(13-7-15-21-17-23,18-9-3-1-4-10-18)19-11-5-2-6-12-19/h1-6,9-12,17,22H,7-8,13-16H2,(H,21,23). The number of benzene rings is 2. The van der Waals surface area contributed by atoms with Gasteiger partial charge in [-0.3, -0.25) is 4.79 Å². The first kappa shape index (κ1) is 17.2. The average molecular weight is 311 g/mol. The molecule has 1 amide bonds. The summed E-state index contributed by atoms with van der Waals surface area (Å²) >= 11 is 0. The molecule has 3 heteroatoms. The SMILES string of the molecule is O=CNCCCC(CCCO)(c1ccccc1)c1ccccc1. The first-order valence-electron chi connectivity index (χ1n) is 8.22. The number of rotatable bonds is 10. The number of aliphatic hydroxyl groups is 1. The van der Waals surface area contributed by atoms with E-state index in [1.165, 1.54) is 11.1 Å². The lowest BCUT2D eigenvalue weighted by Gasteiger charge is -2.35. The van der Waals surface area contributed by atoms with Crippen LogP contribution < -0.4 is 5.32 Å². The monoisotopic (exact) mass is 311 g/mol. The Morgan fingerprint density at radius 1 is 0.870 bits per heavy atom. The Labute approximate surface area is 138 Å². The molecule has 0 unspecified atom stereocenters. The van der Waals surface area contributed by atoms with Crippen LogP contribution >= 0.6 is 0 Å². The van der Waals surface area contributed by atoms with E-state index in [1.807, 2.05) is 12.1 Å². The number of hydrogen-bond donors (Lipinski definition) is 2. The predicted octanol–water partition coefficient (Wildman–Crippen LogP) is 3.27. The Hall–Kier alpha value is -2.13. The number of aliphatic hydroxyl groups excluding tert-OH is 1. The topological polar surface area (TPSA) is 49.3 Å². The van der Waals surface area contributed by atoms with Gasteiger partial charge in [0.15, 0.2) is 0 Å². The van der Waals surface area contributed by atoms with Crippen LogP contribution in [0.1, 0.15) is 36.8 Å². The summed E-state index contributed by atoms with van der Waals surface area (Å²) in [5, 5.41) is 12.1. The first-order chi connectivity index (χ1) is 11.3. The van der Waals surface area contributed by atoms with E-state index in [1.54, 1.807) is 0 Å². The molecule has 122 valence electrons. The van der Waals surface area contributed by atoms with Gasteiger partial charge in [-0.15, -0.1) is 0 Å². The maximum absolute atomic E-state index is 10.5. The van der Waals surface area contributed by atoms with Crippen LogP contribution in [0, 0.1) is 0 Å². The van der Waals surface area contributed by atoms with E-state index in [2.05, 4.69) is 53.8 Å². The van der Waals surface area contributed by atoms with E-state index in [0.29, 0.717) is 6.54 Å². The Balaban J connectivity index is 2.38. The third kappa shape index (κ3) is 4.42. The molecule has 0 saturated heterocycles. The highest BCUT2D eigenvalue weighted by Crippen LogP contribution is 2.40. The van der Waals surface area contributed by atoms with Crippen LogP contribution in [0.25, 0.3) is 0 Å². The third-order valence-electron chi connectivity index (χ3n) is 4.42. The van der Waals surface area contributed by atoms with E-state index in [4.69, 9.17) is 0 Å². The molecule has 0 atom stereocenters. The fourth-order valence-electron chi connectivity index (χ4n) is 3.32. The maximum atomic E-state index is 10.5. The second-order valence-corrected chi connectivity index (χ2v) is 5.82. The average Bonchev–Trinajstić information content (AvgIpc) is 2.63. The van der Waals surface area contributed by atoms with Crippen molar-refractivity contribution in [2.45, 2.75) is 31.1 Å². The summed E-state index contributed by atoms with van der Waals surface area (Å²) in [5.74, 6) is 0. The van der Waals surface area contributed by atoms with Crippen molar-refractivity contribution >= 4 is 6.41 Å². The van der Waals surface area contributed by atoms with Crippen molar-refractivity contribution in [1.82, 2.24) is 5.32 Å². The molecule has 0 aliphatic rings. The van der Waals surface area contributed by atoms with Crippen LogP contribution in [0.2, 0.25) is 0 Å². The molecular formula is C20H25NO2. The first-order valence-corrected chi connectivity index (χ1v) is 8.22. The Bertz CT molecular complexity index is 529. The van der Waals surface area contributed by atoms with Gasteiger partial charge in [-0.05, 0) is 36.8 Å². The minimum atomic E-state index is -0.129. The number of hydrogen-bond acceptors (Lipinski definition) is 2. The molecule has 2 aromatic carbocycles. The summed E-state index contributed by atoms with van der Waals surface area (Å²) in [6.07, 6.45) is 4.22. The Kier molecular flexibility index (Phi) is 6.82. The van der Waals surface area contributed by atoms with Gasteiger partial charge < -0.3 is 10.4 Å². The quantitative estimate of drug-likeness (QED) is 0.522. The summed E-state index contributed by atoms with van der Waals surface area (Å²) in [7, 11) is 0. The van der Waals surface area contributed by atoms with Crippen molar-refractivity contribution in [2.75, 3.05) is 13.2 Å². The van der Waals surface area contributed by atoms with E-state index in [-0.39, 0.29) is 12.0 Å². The smallest absolute Gasteiger partial charge is 0.207 e. The van der Waals surface area contributed by atoms with Gasteiger partial charge in [-0.1, -0.05) is 60.7 Å². The molecule has 0 spiro atoms. The van der Waals surface area contributed by atoms with Gasteiger partial charge in [0.2, 0.25) is 6.41 Å². The molecule has 2 aromatic rings. The molecule has 0 aliphatic carbocycles. The van der Waals surface area contributed by atoms with Gasteiger partial charge in [0.1, 0.15) is 0 Å². The number of nitrogens with one attached hydrogen (secondary N) is 1. The zero-order valence-corrected chi connectivity index (χ0v) is 13.4. The molecule has 2 rings (SSSR count). The van der Waals surface area contributed by atoms with Crippen molar-refractivity contribution < 1.29 is 9.90 Å². The maximum Gasteiger partial charge on any atom is 0.207 e. The van der Waals surface area contributed by atoms with Crippen molar-refractivity contribution in [2.24, 2.45) is 0 Å². The van der Waals surface area contributed by atoms with Crippen molar-refractivity contribution in [1.29, 1.82) is 0 Å². The molecule has 0 fully saturated rings. The summed E-state index contributed by atoms with van der Waals surface area (Å²) in [6, 6.07) is 21.0. The molecule has 0 aromatic heterocycles. The highest BCUT2D eigenvalue weighted by molar-refractivity contribution is 5.45. The lowest BCUT2D eigenvalue weighted by atomic mass is 9.68. The second-order valence-electron chi connectivity index (χ2n) is 5.82. The summed E-state index contributed by atoms with van der Waals surface area (Å²) in [4.78, 5) is 10.5. The third-order valence-corrected chi connectivity index (χ3v) is 4.42. The lowest BCUT2D eigenvalue weighted by Crippen LogP contribution is -2.29. The van der Waals surface area contributed by atoms with Crippen molar-refractivity contribution in [3.8, 4) is 0 Å². The van der Waals surface area contributed by atoms with Crippen LogP contribution in [0.4, 0.5) is 0 Å². The number of amides is 1. The van der Waals surface area contributed by atoms with E-state index in [9.17, 15) is 9.90 Å². The van der Waals surface area contributed by atoms with Crippen LogP contribution in [0.5, 0.6) is 0 Å². The van der Waals surface area contributed by atoms with Gasteiger partial charge in [0.25, 0.3) is 0 Å². The summed E-state index contributed by atoms with van der Waals surface area (Å²) < 4.78 is 0. The molecule has 0 aliphatic heterocycles. The predicted molar refractivity (Wildman–Crippen MR) is 93.3 cm³/mol. The fraction of sp³-hybridized carbons (Fsp3) is 0.350. The van der Waals surface area contributed by atoms with Crippen LogP contribution in [-0.4, -0.2) is 24.7 Å². The fourth-order valence-corrected chi connectivity index (χ4v) is 3.32. The van der Waals surface area contributed by atoms with Gasteiger partial charge in [0.05, 0.1) is 0 Å². The van der Waals surface area contributed by atoms with Crippen LogP contribution in [-0.2, 0) is 10.2 Å². The van der Waals surface area contributed by atoms with Gasteiger partial charge in [-0.25, -0.2) is 0 Å². The number of carbonyl (C=O) groups excluding carboxylic acids is 1. The molecular weight excluding hydrogens is 286 g/mol. The minimum absolute atomic E-state index is 0.129. The molecule has 2 N–H and O–H groups in total. The molecule has 0 bridgehead atoms. The minimum Gasteiger partial charge on any atom is -0.396 e.